The molecule has 1 unspecified atom stereocenters. The van der Waals surface area contributed by atoms with Crippen molar-refractivity contribution in [3.8, 4) is 6.07 Å². The molecule has 0 saturated carbocycles. The maximum Gasteiger partial charge on any atom is 0.326 e. The average molecular weight is 354 g/mol. The monoisotopic (exact) mass is 354 g/mol. The fraction of sp³-hybridized carbons (Fsp3) is 0.500. The van der Waals surface area contributed by atoms with Gasteiger partial charge >= 0.3 is 5.97 Å². The van der Waals surface area contributed by atoms with Crippen molar-refractivity contribution in [2.75, 3.05) is 18.8 Å². The van der Waals surface area contributed by atoms with Crippen LogP contribution in [0.1, 0.15) is 13.8 Å². The second kappa shape index (κ2) is 8.93. The van der Waals surface area contributed by atoms with Gasteiger partial charge in [-0.25, -0.2) is 4.79 Å². The number of hydrogen-bond acceptors (Lipinski definition) is 7. The number of aliphatic carboxylic acids is 1. The number of carbonyl (C=O) groups excluding carboxylic acids is 3. The molecular formula is C14H18N4O5S. The third-order valence-corrected chi connectivity index (χ3v) is 4.01. The number of nitrogens with zero attached hydrogens (tertiary/aromatic N) is 2. The Hall–Kier alpha value is -2.54. The van der Waals surface area contributed by atoms with E-state index in [1.807, 2.05) is 0 Å². The number of hydrogen-bond donors (Lipinski definition) is 3. The van der Waals surface area contributed by atoms with E-state index in [-0.39, 0.29) is 41.5 Å². The van der Waals surface area contributed by atoms with Crippen molar-refractivity contribution in [3.05, 3.63) is 11.8 Å². The standard InChI is InChI=1S/C14H18N4O5S/c1-8(2)11(13(21)22)17-12(20)9(5-15)6-16-3-4-18-10(19)7-24-14(18)23/h6,8,11,16H,3-4,7H2,1-2H3,(H,17,20)(H,21,22)/b9-6-. The van der Waals surface area contributed by atoms with Gasteiger partial charge in [0, 0.05) is 19.3 Å². The molecule has 0 spiro atoms. The summed E-state index contributed by atoms with van der Waals surface area (Å²) in [7, 11) is 0. The third kappa shape index (κ3) is 5.27. The van der Waals surface area contributed by atoms with Crippen LogP contribution in [0.2, 0.25) is 0 Å². The van der Waals surface area contributed by atoms with Gasteiger partial charge in [0.2, 0.25) is 5.91 Å². The molecular weight excluding hydrogens is 336 g/mol. The van der Waals surface area contributed by atoms with Crippen LogP contribution < -0.4 is 10.6 Å². The summed E-state index contributed by atoms with van der Waals surface area (Å²) in [5.41, 5.74) is -0.296. The number of imide groups is 1. The molecule has 10 heteroatoms. The Morgan fingerprint density at radius 2 is 2.12 bits per heavy atom. The van der Waals surface area contributed by atoms with Crippen molar-refractivity contribution in [1.29, 1.82) is 5.26 Å². The van der Waals surface area contributed by atoms with E-state index >= 15 is 0 Å². The molecule has 130 valence electrons. The van der Waals surface area contributed by atoms with E-state index < -0.39 is 17.9 Å². The molecule has 1 fully saturated rings. The molecule has 3 N–H and O–H groups in total. The summed E-state index contributed by atoms with van der Waals surface area (Å²) in [5, 5.41) is 22.6. The Kier molecular flexibility index (Phi) is 7.26. The second-order valence-electron chi connectivity index (χ2n) is 5.26. The van der Waals surface area contributed by atoms with Crippen LogP contribution in [0.4, 0.5) is 4.79 Å². The van der Waals surface area contributed by atoms with Crippen LogP contribution in [0.5, 0.6) is 0 Å². The molecule has 1 rings (SSSR count). The fourth-order valence-corrected chi connectivity index (χ4v) is 2.58. The highest BCUT2D eigenvalue weighted by molar-refractivity contribution is 8.14. The third-order valence-electron chi connectivity index (χ3n) is 3.15. The van der Waals surface area contributed by atoms with E-state index in [0.29, 0.717) is 0 Å². The van der Waals surface area contributed by atoms with E-state index in [4.69, 9.17) is 10.4 Å². The molecule has 1 heterocycles. The predicted octanol–water partition coefficient (Wildman–Crippen LogP) is -0.0957. The van der Waals surface area contributed by atoms with Gasteiger partial charge in [0.25, 0.3) is 11.1 Å². The van der Waals surface area contributed by atoms with Crippen molar-refractivity contribution in [2.45, 2.75) is 19.9 Å². The summed E-state index contributed by atoms with van der Waals surface area (Å²) in [4.78, 5) is 46.8. The van der Waals surface area contributed by atoms with Crippen molar-refractivity contribution in [1.82, 2.24) is 15.5 Å². The van der Waals surface area contributed by atoms with Gasteiger partial charge in [-0.2, -0.15) is 5.26 Å². The van der Waals surface area contributed by atoms with Crippen molar-refractivity contribution >= 4 is 34.8 Å². The maximum absolute atomic E-state index is 11.9. The number of nitrogens with one attached hydrogen (secondary N) is 2. The average Bonchev–Trinajstić information content (AvgIpc) is 2.83. The second-order valence-corrected chi connectivity index (χ2v) is 6.18. The lowest BCUT2D eigenvalue weighted by molar-refractivity contribution is -0.142. The fourth-order valence-electron chi connectivity index (χ4n) is 1.83. The molecule has 1 aliphatic heterocycles. The van der Waals surface area contributed by atoms with Crippen LogP contribution in [0.25, 0.3) is 0 Å². The molecule has 24 heavy (non-hydrogen) atoms. The molecule has 3 amide bonds. The quantitative estimate of drug-likeness (QED) is 0.312. The first-order valence-electron chi connectivity index (χ1n) is 7.12. The van der Waals surface area contributed by atoms with Crippen molar-refractivity contribution in [3.63, 3.8) is 0 Å². The molecule has 0 aromatic rings. The zero-order valence-electron chi connectivity index (χ0n) is 13.2. The SMILES string of the molecule is CC(C)C(NC(=O)/C(C#N)=C\NCCN1C(=O)CSC1=O)C(=O)O. The van der Waals surface area contributed by atoms with E-state index in [1.54, 1.807) is 19.9 Å². The Bertz CT molecular complexity index is 595. The highest BCUT2D eigenvalue weighted by Crippen LogP contribution is 2.17. The van der Waals surface area contributed by atoms with Gasteiger partial charge in [0.15, 0.2) is 0 Å². The van der Waals surface area contributed by atoms with E-state index in [0.717, 1.165) is 22.9 Å². The minimum atomic E-state index is -1.19. The van der Waals surface area contributed by atoms with E-state index in [1.165, 1.54) is 0 Å². The highest BCUT2D eigenvalue weighted by Gasteiger charge is 2.29. The van der Waals surface area contributed by atoms with Crippen molar-refractivity contribution in [2.24, 2.45) is 5.92 Å². The Labute approximate surface area is 143 Å². The number of carbonyl (C=O) groups is 4. The summed E-state index contributed by atoms with van der Waals surface area (Å²) in [6.07, 6.45) is 1.13. The van der Waals surface area contributed by atoms with Crippen LogP contribution in [-0.4, -0.2) is 57.9 Å². The lowest BCUT2D eigenvalue weighted by Crippen LogP contribution is -2.45. The smallest absolute Gasteiger partial charge is 0.326 e. The van der Waals surface area contributed by atoms with Crippen molar-refractivity contribution < 1.29 is 24.3 Å². The van der Waals surface area contributed by atoms with Gasteiger partial charge in [0.1, 0.15) is 17.7 Å². The highest BCUT2D eigenvalue weighted by atomic mass is 32.2. The number of nitriles is 1. The van der Waals surface area contributed by atoms with Gasteiger partial charge in [-0.15, -0.1) is 0 Å². The van der Waals surface area contributed by atoms with Crippen LogP contribution in [0.3, 0.4) is 0 Å². The largest absolute Gasteiger partial charge is 0.480 e. The van der Waals surface area contributed by atoms with E-state index in [9.17, 15) is 19.2 Å². The minimum Gasteiger partial charge on any atom is -0.480 e. The maximum atomic E-state index is 11.9. The topological polar surface area (TPSA) is 140 Å². The zero-order chi connectivity index (χ0) is 18.3. The molecule has 1 atom stereocenters. The summed E-state index contributed by atoms with van der Waals surface area (Å²) in [6.45, 7) is 3.55. The summed E-state index contributed by atoms with van der Waals surface area (Å²) in [5.74, 6) is -2.51. The normalized spacial score (nSPS) is 16.1. The summed E-state index contributed by atoms with van der Waals surface area (Å²) < 4.78 is 0. The van der Waals surface area contributed by atoms with Gasteiger partial charge in [-0.1, -0.05) is 25.6 Å². The van der Waals surface area contributed by atoms with E-state index in [2.05, 4.69) is 10.6 Å². The molecule has 0 aromatic heterocycles. The molecule has 0 radical (unpaired) electrons. The molecule has 0 aliphatic carbocycles. The molecule has 1 aliphatic rings. The predicted molar refractivity (Wildman–Crippen MR) is 85.7 cm³/mol. The number of carboxylic acids is 1. The van der Waals surface area contributed by atoms with Crippen LogP contribution in [0, 0.1) is 17.2 Å². The first-order valence-corrected chi connectivity index (χ1v) is 8.11. The zero-order valence-corrected chi connectivity index (χ0v) is 14.1. The Balaban J connectivity index is 2.56. The minimum absolute atomic E-state index is 0.116. The lowest BCUT2D eigenvalue weighted by Gasteiger charge is -2.17. The lowest BCUT2D eigenvalue weighted by atomic mass is 10.0. The number of carboxylic acid groups (broad SMARTS) is 1. The van der Waals surface area contributed by atoms with Gasteiger partial charge in [-0.05, 0) is 5.92 Å². The Morgan fingerprint density at radius 3 is 2.58 bits per heavy atom. The first-order chi connectivity index (χ1) is 11.3. The summed E-state index contributed by atoms with van der Waals surface area (Å²) in [6, 6.07) is 0.568. The van der Waals surface area contributed by atoms with Gasteiger partial charge < -0.3 is 15.7 Å². The summed E-state index contributed by atoms with van der Waals surface area (Å²) >= 11 is 0.922. The molecule has 1 saturated heterocycles. The molecule has 0 aromatic carbocycles. The number of thioether (sulfide) groups is 1. The molecule has 9 nitrogen and oxygen atoms in total. The van der Waals surface area contributed by atoms with Crippen LogP contribution in [-0.2, 0) is 14.4 Å². The van der Waals surface area contributed by atoms with Crippen LogP contribution >= 0.6 is 11.8 Å². The number of amides is 3. The van der Waals surface area contributed by atoms with Gasteiger partial charge in [0.05, 0.1) is 5.75 Å². The first kappa shape index (κ1) is 19.5. The Morgan fingerprint density at radius 1 is 1.46 bits per heavy atom. The van der Waals surface area contributed by atoms with Crippen LogP contribution in [0.15, 0.2) is 11.8 Å². The van der Waals surface area contributed by atoms with Gasteiger partial charge in [-0.3, -0.25) is 19.3 Å². The molecule has 0 bridgehead atoms. The number of rotatable bonds is 8.